The molecule has 0 saturated carbocycles. The van der Waals surface area contributed by atoms with Gasteiger partial charge in [0.05, 0.1) is 23.2 Å². The van der Waals surface area contributed by atoms with Crippen LogP contribution in [0.2, 0.25) is 0 Å². The lowest BCUT2D eigenvalue weighted by Crippen LogP contribution is -2.11. The number of nitrogens with zero attached hydrogens (tertiary/aromatic N) is 4. The van der Waals surface area contributed by atoms with E-state index in [-0.39, 0.29) is 29.8 Å². The Morgan fingerprint density at radius 1 is 1.22 bits per heavy atom. The molecule has 2 aromatic rings. The van der Waals surface area contributed by atoms with Crippen LogP contribution in [0.25, 0.3) is 0 Å². The smallest absolute Gasteiger partial charge is 0.332 e. The molecule has 9 heteroatoms. The van der Waals surface area contributed by atoms with Crippen LogP contribution in [0, 0.1) is 28.4 Å². The molecule has 2 rings (SSSR count). The SMILES string of the molecule is CC.COCCOc1nc(C)c([N+](=O)[O-])c(NCc2ccc(C#N)cc2)n1. The molecule has 0 spiro atoms. The summed E-state index contributed by atoms with van der Waals surface area (Å²) in [6.45, 7) is 6.42. The predicted octanol–water partition coefficient (Wildman–Crippen LogP) is 3.23. The molecule has 144 valence electrons. The lowest BCUT2D eigenvalue weighted by atomic mass is 10.1. The van der Waals surface area contributed by atoms with Crippen LogP contribution in [0.15, 0.2) is 24.3 Å². The zero-order chi connectivity index (χ0) is 20.2. The Bertz CT molecular complexity index is 788. The molecule has 1 N–H and O–H groups in total. The molecule has 0 aliphatic carbocycles. The summed E-state index contributed by atoms with van der Waals surface area (Å²) in [5.74, 6) is 0.0780. The van der Waals surface area contributed by atoms with Crippen molar-refractivity contribution < 1.29 is 14.4 Å². The van der Waals surface area contributed by atoms with Gasteiger partial charge in [-0.2, -0.15) is 15.2 Å². The van der Waals surface area contributed by atoms with Gasteiger partial charge in [-0.3, -0.25) is 10.1 Å². The Balaban J connectivity index is 0.00000176. The first-order valence-corrected chi connectivity index (χ1v) is 8.42. The highest BCUT2D eigenvalue weighted by Crippen LogP contribution is 2.27. The molecule has 0 fully saturated rings. The molecular weight excluding hydrogens is 350 g/mol. The maximum atomic E-state index is 11.3. The van der Waals surface area contributed by atoms with E-state index >= 15 is 0 Å². The van der Waals surface area contributed by atoms with Crippen molar-refractivity contribution in [1.82, 2.24) is 9.97 Å². The monoisotopic (exact) mass is 373 g/mol. The van der Waals surface area contributed by atoms with Gasteiger partial charge >= 0.3 is 11.7 Å². The molecule has 1 aromatic heterocycles. The summed E-state index contributed by atoms with van der Waals surface area (Å²) >= 11 is 0. The summed E-state index contributed by atoms with van der Waals surface area (Å²) in [6, 6.07) is 8.96. The van der Waals surface area contributed by atoms with E-state index in [0.29, 0.717) is 18.7 Å². The number of hydrogen-bond acceptors (Lipinski definition) is 8. The molecule has 27 heavy (non-hydrogen) atoms. The molecule has 0 amide bonds. The number of nitrogens with one attached hydrogen (secondary N) is 1. The standard InChI is InChI=1S/C16H17N5O4.C2H6/c1-11-14(21(22)23)15(20-16(19-11)25-8-7-24-2)18-10-13-5-3-12(9-17)4-6-13;1-2/h3-6H,7-8,10H2,1-2H3,(H,18,19,20);1-2H3. The minimum absolute atomic E-state index is 0.0440. The Hall–Kier alpha value is -3.25. The van der Waals surface area contributed by atoms with Gasteiger partial charge in [-0.05, 0) is 24.6 Å². The number of nitro groups is 1. The summed E-state index contributed by atoms with van der Waals surface area (Å²) in [6.07, 6.45) is 0. The third-order valence-corrected chi connectivity index (χ3v) is 3.28. The lowest BCUT2D eigenvalue weighted by molar-refractivity contribution is -0.385. The van der Waals surface area contributed by atoms with E-state index in [2.05, 4.69) is 15.3 Å². The van der Waals surface area contributed by atoms with Gasteiger partial charge in [-0.1, -0.05) is 26.0 Å². The third-order valence-electron chi connectivity index (χ3n) is 3.28. The summed E-state index contributed by atoms with van der Waals surface area (Å²) in [5, 5.41) is 23.0. The Morgan fingerprint density at radius 2 is 1.89 bits per heavy atom. The van der Waals surface area contributed by atoms with Crippen LogP contribution in [0.1, 0.15) is 30.7 Å². The van der Waals surface area contributed by atoms with Crippen molar-refractivity contribution in [2.45, 2.75) is 27.3 Å². The highest BCUT2D eigenvalue weighted by molar-refractivity contribution is 5.59. The maximum Gasteiger partial charge on any atom is 0.332 e. The lowest BCUT2D eigenvalue weighted by Gasteiger charge is -2.10. The maximum absolute atomic E-state index is 11.3. The largest absolute Gasteiger partial charge is 0.461 e. The van der Waals surface area contributed by atoms with Gasteiger partial charge in [0, 0.05) is 13.7 Å². The number of hydrogen-bond donors (Lipinski definition) is 1. The summed E-state index contributed by atoms with van der Waals surface area (Å²) < 4.78 is 10.2. The van der Waals surface area contributed by atoms with Crippen LogP contribution >= 0.6 is 0 Å². The number of anilines is 1. The number of benzene rings is 1. The predicted molar refractivity (Wildman–Crippen MR) is 101 cm³/mol. The number of nitriles is 1. The molecule has 0 atom stereocenters. The average molecular weight is 373 g/mol. The molecule has 9 nitrogen and oxygen atoms in total. The van der Waals surface area contributed by atoms with Crippen molar-refractivity contribution in [2.24, 2.45) is 0 Å². The quantitative estimate of drug-likeness (QED) is 0.425. The van der Waals surface area contributed by atoms with E-state index in [4.69, 9.17) is 14.7 Å². The Kier molecular flexibility index (Phi) is 9.19. The molecule has 0 saturated heterocycles. The van der Waals surface area contributed by atoms with Crippen LogP contribution in [-0.2, 0) is 11.3 Å². The van der Waals surface area contributed by atoms with Crippen molar-refractivity contribution in [3.8, 4) is 12.1 Å². The second-order valence-corrected chi connectivity index (χ2v) is 5.05. The summed E-state index contributed by atoms with van der Waals surface area (Å²) in [7, 11) is 1.54. The number of rotatable bonds is 8. The van der Waals surface area contributed by atoms with Crippen molar-refractivity contribution >= 4 is 11.5 Å². The van der Waals surface area contributed by atoms with Crippen LogP contribution in [0.3, 0.4) is 0 Å². The normalized spacial score (nSPS) is 9.59. The molecule has 0 aliphatic rings. The van der Waals surface area contributed by atoms with E-state index in [1.54, 1.807) is 24.3 Å². The minimum Gasteiger partial charge on any atom is -0.461 e. The van der Waals surface area contributed by atoms with E-state index in [9.17, 15) is 10.1 Å². The van der Waals surface area contributed by atoms with Gasteiger partial charge in [0.15, 0.2) is 0 Å². The highest BCUT2D eigenvalue weighted by atomic mass is 16.6. The van der Waals surface area contributed by atoms with Gasteiger partial charge in [0.1, 0.15) is 12.3 Å². The average Bonchev–Trinajstić information content (AvgIpc) is 2.68. The molecule has 1 aromatic carbocycles. The van der Waals surface area contributed by atoms with Gasteiger partial charge in [0.2, 0.25) is 5.82 Å². The Morgan fingerprint density at radius 3 is 2.44 bits per heavy atom. The van der Waals surface area contributed by atoms with Crippen LogP contribution < -0.4 is 10.1 Å². The molecule has 0 radical (unpaired) electrons. The van der Waals surface area contributed by atoms with Crippen molar-refractivity contribution in [1.29, 1.82) is 5.26 Å². The minimum atomic E-state index is -0.532. The second-order valence-electron chi connectivity index (χ2n) is 5.05. The first-order chi connectivity index (χ1) is 13.0. The van der Waals surface area contributed by atoms with Gasteiger partial charge in [0.25, 0.3) is 0 Å². The van der Waals surface area contributed by atoms with Crippen LogP contribution in [0.5, 0.6) is 6.01 Å². The zero-order valence-electron chi connectivity index (χ0n) is 15.9. The number of ether oxygens (including phenoxy) is 2. The Labute approximate surface area is 158 Å². The zero-order valence-corrected chi connectivity index (χ0v) is 15.9. The van der Waals surface area contributed by atoms with Gasteiger partial charge < -0.3 is 14.8 Å². The van der Waals surface area contributed by atoms with Gasteiger partial charge in [-0.15, -0.1) is 0 Å². The van der Waals surface area contributed by atoms with E-state index < -0.39 is 4.92 Å². The highest BCUT2D eigenvalue weighted by Gasteiger charge is 2.22. The van der Waals surface area contributed by atoms with Crippen molar-refractivity contribution in [3.05, 3.63) is 51.2 Å². The first-order valence-electron chi connectivity index (χ1n) is 8.42. The number of aryl methyl sites for hydroxylation is 1. The number of methoxy groups -OCH3 is 1. The summed E-state index contributed by atoms with van der Waals surface area (Å²) in [5.41, 5.74) is 1.40. The fraction of sp³-hybridized carbons (Fsp3) is 0.389. The van der Waals surface area contributed by atoms with Crippen molar-refractivity contribution in [3.63, 3.8) is 0 Å². The second kappa shape index (κ2) is 11.4. The topological polar surface area (TPSA) is 123 Å². The van der Waals surface area contributed by atoms with E-state index in [1.807, 2.05) is 19.9 Å². The fourth-order valence-corrected chi connectivity index (χ4v) is 2.05. The molecule has 0 aliphatic heterocycles. The van der Waals surface area contributed by atoms with E-state index in [1.165, 1.54) is 14.0 Å². The van der Waals surface area contributed by atoms with Crippen LogP contribution in [0.4, 0.5) is 11.5 Å². The van der Waals surface area contributed by atoms with E-state index in [0.717, 1.165) is 5.56 Å². The fourth-order valence-electron chi connectivity index (χ4n) is 2.05. The molecule has 1 heterocycles. The molecule has 0 bridgehead atoms. The number of aromatic nitrogens is 2. The first kappa shape index (κ1) is 21.8. The molecule has 0 unspecified atom stereocenters. The third kappa shape index (κ3) is 6.52. The summed E-state index contributed by atoms with van der Waals surface area (Å²) in [4.78, 5) is 18.8. The van der Waals surface area contributed by atoms with Crippen molar-refractivity contribution in [2.75, 3.05) is 25.6 Å². The van der Waals surface area contributed by atoms with Crippen LogP contribution in [-0.4, -0.2) is 35.2 Å². The molecular formula is C18H23N5O4. The van der Waals surface area contributed by atoms with Gasteiger partial charge in [-0.25, -0.2) is 0 Å².